The number of alkyl halides is 2. The van der Waals surface area contributed by atoms with Gasteiger partial charge in [-0.05, 0) is 56.8 Å². The van der Waals surface area contributed by atoms with Crippen molar-refractivity contribution < 1.29 is 40.8 Å². The Hall–Kier alpha value is -1.29. The summed E-state index contributed by atoms with van der Waals surface area (Å²) < 4.78 is 64.7. The molecule has 25 heavy (non-hydrogen) atoms. The molecule has 2 fully saturated rings. The van der Waals surface area contributed by atoms with E-state index >= 15 is 0 Å². The average Bonchev–Trinajstić information content (AvgIpc) is 2.48. The maximum Gasteiger partial charge on any atom is 0.465 e. The van der Waals surface area contributed by atoms with Crippen molar-refractivity contribution in [2.45, 2.75) is 56.8 Å². The smallest absolute Gasteiger partial charge is 0.457 e. The maximum atomic E-state index is 13.1. The third-order valence-corrected chi connectivity index (χ3v) is 6.00. The molecule has 144 valence electrons. The highest BCUT2D eigenvalue weighted by molar-refractivity contribution is 7.87. The first kappa shape index (κ1) is 20.0. The molecule has 4 unspecified atom stereocenters. The summed E-state index contributed by atoms with van der Waals surface area (Å²) in [7, 11) is -5.97. The van der Waals surface area contributed by atoms with Crippen molar-refractivity contribution in [2.75, 3.05) is 6.61 Å². The number of carbonyl (C=O) groups is 2. The maximum absolute atomic E-state index is 13.1. The van der Waals surface area contributed by atoms with Gasteiger partial charge in [-0.3, -0.25) is 4.55 Å². The molecule has 4 atom stereocenters. The third kappa shape index (κ3) is 4.28. The zero-order valence-electron chi connectivity index (χ0n) is 14.0. The van der Waals surface area contributed by atoms with Gasteiger partial charge in [-0.1, -0.05) is 6.92 Å². The molecule has 0 aromatic rings. The standard InChI is InChI=1S/C15H22F2O7S/c1-9-5-10-3-4-14(2,11(6-9)7-10)24-12(18)8-23-13(19)15(16,17)25(20,21)22/h9-11H,3-8H2,1-2H3,(H,20,21,22). The lowest BCUT2D eigenvalue weighted by molar-refractivity contribution is -0.185. The van der Waals surface area contributed by atoms with E-state index in [1.165, 1.54) is 0 Å². The van der Waals surface area contributed by atoms with Gasteiger partial charge >= 0.3 is 27.3 Å². The Bertz CT molecular complexity index is 646. The van der Waals surface area contributed by atoms with Gasteiger partial charge in [0.05, 0.1) is 0 Å². The fourth-order valence-corrected chi connectivity index (χ4v) is 4.18. The molecular weight excluding hydrogens is 362 g/mol. The molecule has 0 aliphatic heterocycles. The molecule has 10 heteroatoms. The van der Waals surface area contributed by atoms with E-state index in [9.17, 15) is 26.8 Å². The first-order valence-electron chi connectivity index (χ1n) is 8.09. The highest BCUT2D eigenvalue weighted by Gasteiger charge is 2.54. The molecule has 2 aliphatic rings. The first-order chi connectivity index (χ1) is 11.3. The minimum absolute atomic E-state index is 0.147. The topological polar surface area (TPSA) is 107 Å². The minimum atomic E-state index is -5.97. The van der Waals surface area contributed by atoms with E-state index in [0.717, 1.165) is 25.7 Å². The Morgan fingerprint density at radius 3 is 2.52 bits per heavy atom. The number of hydrogen-bond donors (Lipinski definition) is 1. The van der Waals surface area contributed by atoms with Crippen LogP contribution in [0.4, 0.5) is 8.78 Å². The minimum Gasteiger partial charge on any atom is -0.457 e. The largest absolute Gasteiger partial charge is 0.465 e. The van der Waals surface area contributed by atoms with Gasteiger partial charge in [0.1, 0.15) is 5.60 Å². The van der Waals surface area contributed by atoms with E-state index in [4.69, 9.17) is 9.29 Å². The molecule has 0 saturated heterocycles. The van der Waals surface area contributed by atoms with Crippen LogP contribution in [0.5, 0.6) is 0 Å². The van der Waals surface area contributed by atoms with Crippen LogP contribution < -0.4 is 0 Å². The van der Waals surface area contributed by atoms with Crippen LogP contribution in [0.25, 0.3) is 0 Å². The zero-order valence-corrected chi connectivity index (χ0v) is 14.9. The second kappa shape index (κ2) is 6.79. The molecule has 2 saturated carbocycles. The van der Waals surface area contributed by atoms with E-state index in [2.05, 4.69) is 11.7 Å². The zero-order chi connectivity index (χ0) is 19.0. The lowest BCUT2D eigenvalue weighted by Gasteiger charge is -2.48. The SMILES string of the molecule is CC1CC2CCC(C)(OC(=O)COC(=O)C(F)(F)S(=O)(=O)O)C(C1)C2. The van der Waals surface area contributed by atoms with Crippen molar-refractivity contribution in [3.8, 4) is 0 Å². The van der Waals surface area contributed by atoms with Gasteiger partial charge in [0.25, 0.3) is 0 Å². The number of rotatable bonds is 5. The summed E-state index contributed by atoms with van der Waals surface area (Å²) in [5.74, 6) is -2.31. The summed E-state index contributed by atoms with van der Waals surface area (Å²) in [6.07, 6.45) is 4.49. The van der Waals surface area contributed by atoms with E-state index in [-0.39, 0.29) is 5.92 Å². The Morgan fingerprint density at radius 1 is 1.28 bits per heavy atom. The van der Waals surface area contributed by atoms with E-state index in [0.29, 0.717) is 18.3 Å². The predicted octanol–water partition coefficient (Wildman–Crippen LogP) is 2.16. The van der Waals surface area contributed by atoms with E-state index in [1.807, 2.05) is 0 Å². The Kier molecular flexibility index (Phi) is 5.44. The predicted molar refractivity (Wildman–Crippen MR) is 81.2 cm³/mol. The quantitative estimate of drug-likeness (QED) is 0.572. The molecule has 0 aromatic heterocycles. The number of ether oxygens (including phenoxy) is 2. The van der Waals surface area contributed by atoms with Crippen LogP contribution in [0, 0.1) is 17.8 Å². The van der Waals surface area contributed by atoms with E-state index in [1.54, 1.807) is 6.92 Å². The second-order valence-electron chi connectivity index (χ2n) is 7.27. The molecule has 0 amide bonds. The molecule has 0 aromatic carbocycles. The van der Waals surface area contributed by atoms with E-state index < -0.39 is 39.5 Å². The number of esters is 2. The summed E-state index contributed by atoms with van der Waals surface area (Å²) >= 11 is 0. The summed E-state index contributed by atoms with van der Waals surface area (Å²) in [6, 6.07) is 0. The lowest BCUT2D eigenvalue weighted by atomic mass is 9.62. The number of halogens is 2. The fourth-order valence-electron chi connectivity index (χ4n) is 3.91. The van der Waals surface area contributed by atoms with Crippen LogP contribution in [-0.4, -0.2) is 42.4 Å². The Labute approximate surface area is 144 Å². The van der Waals surface area contributed by atoms with Crippen LogP contribution in [0.1, 0.15) is 46.0 Å². The van der Waals surface area contributed by atoms with Crippen molar-refractivity contribution in [3.63, 3.8) is 0 Å². The molecule has 2 rings (SSSR count). The van der Waals surface area contributed by atoms with Gasteiger partial charge in [-0.15, -0.1) is 0 Å². The first-order valence-corrected chi connectivity index (χ1v) is 9.53. The number of fused-ring (bicyclic) bond motifs is 2. The van der Waals surface area contributed by atoms with Crippen LogP contribution in [0.15, 0.2) is 0 Å². The lowest BCUT2D eigenvalue weighted by Crippen LogP contribution is -2.48. The van der Waals surface area contributed by atoms with Crippen LogP contribution in [-0.2, 0) is 29.2 Å². The highest BCUT2D eigenvalue weighted by Crippen LogP contribution is 2.48. The van der Waals surface area contributed by atoms with Crippen LogP contribution in [0.2, 0.25) is 0 Å². The van der Waals surface area contributed by atoms with Crippen molar-refractivity contribution >= 4 is 22.1 Å². The Morgan fingerprint density at radius 2 is 1.92 bits per heavy atom. The van der Waals surface area contributed by atoms with Gasteiger partial charge in [0, 0.05) is 0 Å². The van der Waals surface area contributed by atoms with Gasteiger partial charge in [0.15, 0.2) is 6.61 Å². The average molecular weight is 384 g/mol. The molecule has 0 heterocycles. The van der Waals surface area contributed by atoms with Crippen molar-refractivity contribution in [1.29, 1.82) is 0 Å². The monoisotopic (exact) mass is 384 g/mol. The molecule has 0 radical (unpaired) electrons. The highest BCUT2D eigenvalue weighted by atomic mass is 32.2. The molecule has 0 spiro atoms. The van der Waals surface area contributed by atoms with Crippen molar-refractivity contribution in [2.24, 2.45) is 17.8 Å². The second-order valence-corrected chi connectivity index (χ2v) is 8.73. The van der Waals surface area contributed by atoms with Gasteiger partial charge < -0.3 is 9.47 Å². The van der Waals surface area contributed by atoms with Crippen LogP contribution >= 0.6 is 0 Å². The van der Waals surface area contributed by atoms with Crippen molar-refractivity contribution in [1.82, 2.24) is 0 Å². The molecular formula is C15H22F2O7S. The molecule has 7 nitrogen and oxygen atoms in total. The molecule has 2 aliphatic carbocycles. The Balaban J connectivity index is 1.93. The van der Waals surface area contributed by atoms with Crippen molar-refractivity contribution in [3.05, 3.63) is 0 Å². The van der Waals surface area contributed by atoms with Gasteiger partial charge in [0.2, 0.25) is 0 Å². The number of carbonyl (C=O) groups excluding carboxylic acids is 2. The van der Waals surface area contributed by atoms with Gasteiger partial charge in [-0.2, -0.15) is 17.2 Å². The fraction of sp³-hybridized carbons (Fsp3) is 0.867. The number of hydrogen-bond acceptors (Lipinski definition) is 6. The normalized spacial score (nSPS) is 32.8. The molecule has 1 N–H and O–H groups in total. The third-order valence-electron chi connectivity index (χ3n) is 5.18. The summed E-state index contributed by atoms with van der Waals surface area (Å²) in [5.41, 5.74) is -0.764. The van der Waals surface area contributed by atoms with Crippen LogP contribution in [0.3, 0.4) is 0 Å². The summed E-state index contributed by atoms with van der Waals surface area (Å²) in [4.78, 5) is 23.0. The molecule has 2 bridgehead atoms. The summed E-state index contributed by atoms with van der Waals surface area (Å²) in [5, 5.41) is -5.13. The van der Waals surface area contributed by atoms with Gasteiger partial charge in [-0.25, -0.2) is 9.59 Å². The summed E-state index contributed by atoms with van der Waals surface area (Å²) in [6.45, 7) is 2.76.